The van der Waals surface area contributed by atoms with E-state index in [1.54, 1.807) is 13.1 Å². The molecule has 1 aliphatic rings. The summed E-state index contributed by atoms with van der Waals surface area (Å²) in [5.41, 5.74) is 3.77. The van der Waals surface area contributed by atoms with Gasteiger partial charge in [-0.25, -0.2) is 0 Å². The predicted octanol–water partition coefficient (Wildman–Crippen LogP) is 7.91. The van der Waals surface area contributed by atoms with Gasteiger partial charge in [-0.3, -0.25) is 0 Å². The van der Waals surface area contributed by atoms with Crippen LogP contribution >= 0.6 is 0 Å². The molecule has 1 N–H and O–H groups in total. The third-order valence-electron chi connectivity index (χ3n) is 6.91. The highest BCUT2D eigenvalue weighted by molar-refractivity contribution is 6.86. The minimum atomic E-state index is -2.70. The first-order chi connectivity index (χ1) is 18.4. The summed E-state index contributed by atoms with van der Waals surface area (Å²) in [7, 11) is -7.43. The lowest BCUT2D eigenvalue weighted by atomic mass is 9.83. The van der Waals surface area contributed by atoms with Crippen LogP contribution < -0.4 is 4.74 Å². The minimum absolute atomic E-state index is 0.736. The third-order valence-corrected chi connectivity index (χ3v) is 16.3. The Morgan fingerprint density at radius 3 is 1.90 bits per heavy atom. The Bertz CT molecular complexity index is 1450. The Labute approximate surface area is 235 Å². The molecular weight excluding hydrogens is 533 g/mol. The average Bonchev–Trinajstić information content (AvgIpc) is 2.87. The topological polar surface area (TPSA) is 47.9 Å². The molecule has 0 saturated carbocycles. The van der Waals surface area contributed by atoms with E-state index in [1.165, 1.54) is 5.56 Å². The van der Waals surface area contributed by atoms with Crippen LogP contribution in [0.1, 0.15) is 22.3 Å². The number of fused-ring (bicyclic) bond motifs is 3. The number of hydrogen-bond acceptors (Lipinski definition) is 4. The Morgan fingerprint density at radius 2 is 1.31 bits per heavy atom. The summed E-state index contributed by atoms with van der Waals surface area (Å²) >= 11 is 0. The lowest BCUT2D eigenvalue weighted by Crippen LogP contribution is -2.53. The standard InChI is InChI=1S/C32H38O4Si3/c1-37(2,35-39(5,6)36-38(3,4)33)24-26-23-25-15-13-14-20-29(25)31-30(26)21-22-32(34-31,27-16-9-7-10-17-27)28-18-11-8-12-19-28/h7-23,33H,24H2,1-6H3. The van der Waals surface area contributed by atoms with Gasteiger partial charge < -0.3 is 17.8 Å². The van der Waals surface area contributed by atoms with Crippen molar-refractivity contribution in [1.82, 2.24) is 0 Å². The first kappa shape index (κ1) is 27.8. The molecule has 4 nitrogen and oxygen atoms in total. The van der Waals surface area contributed by atoms with Crippen molar-refractivity contribution < 1.29 is 17.8 Å². The zero-order valence-electron chi connectivity index (χ0n) is 23.7. The molecule has 0 atom stereocenters. The maximum atomic E-state index is 10.4. The van der Waals surface area contributed by atoms with Crippen LogP contribution in [0.3, 0.4) is 0 Å². The first-order valence-corrected chi connectivity index (χ1v) is 22.3. The van der Waals surface area contributed by atoms with Gasteiger partial charge in [0.1, 0.15) is 5.75 Å². The summed E-state index contributed by atoms with van der Waals surface area (Å²) in [4.78, 5) is 10.4. The number of rotatable bonds is 8. The predicted molar refractivity (Wildman–Crippen MR) is 168 cm³/mol. The van der Waals surface area contributed by atoms with Crippen molar-refractivity contribution in [3.8, 4) is 5.75 Å². The van der Waals surface area contributed by atoms with Crippen LogP contribution in [-0.4, -0.2) is 30.2 Å². The fourth-order valence-electron chi connectivity index (χ4n) is 5.85. The van der Waals surface area contributed by atoms with Crippen LogP contribution in [0.25, 0.3) is 16.8 Å². The molecule has 202 valence electrons. The molecule has 0 aromatic heterocycles. The van der Waals surface area contributed by atoms with E-state index in [2.05, 4.69) is 104 Å². The summed E-state index contributed by atoms with van der Waals surface area (Å²) in [5.74, 6) is 0.903. The molecule has 4 aromatic rings. The second-order valence-corrected chi connectivity index (χ2v) is 23.1. The zero-order valence-corrected chi connectivity index (χ0v) is 26.7. The normalized spacial score (nSPS) is 15.2. The smallest absolute Gasteiger partial charge is 0.320 e. The Kier molecular flexibility index (Phi) is 7.34. The molecule has 4 aromatic carbocycles. The Balaban J connectivity index is 1.61. The van der Waals surface area contributed by atoms with Crippen LogP contribution in [0.4, 0.5) is 0 Å². The number of ether oxygens (including phenoxy) is 1. The summed E-state index contributed by atoms with van der Waals surface area (Å²) in [6.45, 7) is 12.2. The second kappa shape index (κ2) is 10.3. The molecule has 0 saturated heterocycles. The third kappa shape index (κ3) is 6.04. The van der Waals surface area contributed by atoms with Crippen molar-refractivity contribution >= 4 is 42.3 Å². The Morgan fingerprint density at radius 1 is 0.744 bits per heavy atom. The summed E-state index contributed by atoms with van der Waals surface area (Å²) in [6.07, 6.45) is 4.45. The molecule has 0 radical (unpaired) electrons. The zero-order chi connectivity index (χ0) is 27.9. The quantitative estimate of drug-likeness (QED) is 0.219. The first-order valence-electron chi connectivity index (χ1n) is 13.5. The second-order valence-electron chi connectivity index (χ2n) is 11.9. The monoisotopic (exact) mass is 570 g/mol. The molecule has 0 amide bonds. The van der Waals surface area contributed by atoms with E-state index >= 15 is 0 Å². The van der Waals surface area contributed by atoms with Crippen LogP contribution in [0.2, 0.25) is 39.3 Å². The molecule has 0 spiro atoms. The van der Waals surface area contributed by atoms with Crippen molar-refractivity contribution in [2.45, 2.75) is 50.9 Å². The number of hydrogen-bond donors (Lipinski definition) is 1. The molecular formula is C32H38O4Si3. The number of benzene rings is 4. The maximum Gasteiger partial charge on any atom is 0.320 e. The minimum Gasteiger partial charge on any atom is -0.472 e. The highest BCUT2D eigenvalue weighted by Crippen LogP contribution is 2.46. The van der Waals surface area contributed by atoms with E-state index in [9.17, 15) is 4.80 Å². The summed E-state index contributed by atoms with van der Waals surface area (Å²) in [5, 5.41) is 2.25. The van der Waals surface area contributed by atoms with Crippen molar-refractivity contribution in [3.05, 3.63) is 119 Å². The lowest BCUT2D eigenvalue weighted by Gasteiger charge is -2.39. The van der Waals surface area contributed by atoms with E-state index in [1.807, 2.05) is 25.2 Å². The molecule has 0 unspecified atom stereocenters. The highest BCUT2D eigenvalue weighted by Gasteiger charge is 2.41. The van der Waals surface area contributed by atoms with Gasteiger partial charge in [0.15, 0.2) is 13.9 Å². The highest BCUT2D eigenvalue weighted by atomic mass is 28.5. The van der Waals surface area contributed by atoms with Crippen molar-refractivity contribution in [2.75, 3.05) is 0 Å². The van der Waals surface area contributed by atoms with Gasteiger partial charge in [0.2, 0.25) is 0 Å². The Hall–Kier alpha value is -2.79. The van der Waals surface area contributed by atoms with Gasteiger partial charge in [-0.05, 0) is 62.4 Å². The molecule has 1 aliphatic heterocycles. The van der Waals surface area contributed by atoms with Gasteiger partial charge in [0, 0.05) is 22.1 Å². The van der Waals surface area contributed by atoms with Crippen LogP contribution in [0.15, 0.2) is 97.1 Å². The van der Waals surface area contributed by atoms with Crippen LogP contribution in [-0.2, 0) is 19.9 Å². The van der Waals surface area contributed by atoms with Crippen LogP contribution in [0, 0.1) is 0 Å². The van der Waals surface area contributed by atoms with E-state index in [4.69, 9.17) is 13.0 Å². The fraction of sp³-hybridized carbons (Fsp3) is 0.250. The van der Waals surface area contributed by atoms with E-state index in [0.29, 0.717) is 0 Å². The van der Waals surface area contributed by atoms with Gasteiger partial charge in [-0.15, -0.1) is 0 Å². The van der Waals surface area contributed by atoms with Crippen LogP contribution in [0.5, 0.6) is 5.75 Å². The SMILES string of the molecule is C[Si](C)(O)O[Si](C)(C)O[Si](C)(C)Cc1cc2ccccc2c2c1C=CC(c1ccccc1)(c1ccccc1)O2. The molecule has 5 rings (SSSR count). The van der Waals surface area contributed by atoms with E-state index in [-0.39, 0.29) is 0 Å². The molecule has 0 fully saturated rings. The fourth-order valence-corrected chi connectivity index (χ4v) is 18.0. The molecule has 0 aliphatic carbocycles. The average molecular weight is 571 g/mol. The van der Waals surface area contributed by atoms with Crippen molar-refractivity contribution in [3.63, 3.8) is 0 Å². The maximum absolute atomic E-state index is 10.4. The summed E-state index contributed by atoms with van der Waals surface area (Å²) in [6, 6.07) is 32.4. The van der Waals surface area contributed by atoms with E-state index < -0.39 is 31.0 Å². The molecule has 0 bridgehead atoms. The van der Waals surface area contributed by atoms with Gasteiger partial charge in [0.05, 0.1) is 0 Å². The van der Waals surface area contributed by atoms with Gasteiger partial charge >= 0.3 is 17.1 Å². The van der Waals surface area contributed by atoms with Gasteiger partial charge in [0.25, 0.3) is 0 Å². The summed E-state index contributed by atoms with van der Waals surface area (Å²) < 4.78 is 20.0. The van der Waals surface area contributed by atoms with Gasteiger partial charge in [-0.2, -0.15) is 0 Å². The van der Waals surface area contributed by atoms with E-state index in [0.717, 1.165) is 39.3 Å². The molecule has 7 heteroatoms. The molecule has 1 heterocycles. The van der Waals surface area contributed by atoms with Gasteiger partial charge in [-0.1, -0.05) is 97.1 Å². The largest absolute Gasteiger partial charge is 0.472 e. The van der Waals surface area contributed by atoms with Crippen molar-refractivity contribution in [1.29, 1.82) is 0 Å². The molecule has 39 heavy (non-hydrogen) atoms. The van der Waals surface area contributed by atoms with Crippen molar-refractivity contribution in [2.24, 2.45) is 0 Å². The lowest BCUT2D eigenvalue weighted by molar-refractivity contribution is 0.163.